The summed E-state index contributed by atoms with van der Waals surface area (Å²) < 4.78 is 54.6. The molecule has 0 heterocycles. The number of ether oxygens (including phenoxy) is 3. The van der Waals surface area contributed by atoms with Gasteiger partial charge in [-0.25, -0.2) is 4.79 Å². The van der Waals surface area contributed by atoms with Crippen LogP contribution < -0.4 is 14.8 Å². The largest absolute Gasteiger partial charge is 0.497 e. The minimum absolute atomic E-state index is 0.00558. The minimum atomic E-state index is -4.73. The summed E-state index contributed by atoms with van der Waals surface area (Å²) in [5.41, 5.74) is -1.63. The lowest BCUT2D eigenvalue weighted by Gasteiger charge is -2.18. The summed E-state index contributed by atoms with van der Waals surface area (Å²) in [4.78, 5) is 24.7. The number of hydrogen-bond acceptors (Lipinski definition) is 5. The standard InChI is InChI=1S/C19H17ClF3NO5/c1-10(29-18(26)13-9-12(27-2)5-7-16(13)28-3)17(25)24-15-6-4-11(20)8-14(15)19(21,22)23/h4-10H,1-3H3,(H,24,25). The first-order chi connectivity index (χ1) is 13.6. The van der Waals surface area contributed by atoms with E-state index in [1.807, 2.05) is 0 Å². The highest BCUT2D eigenvalue weighted by molar-refractivity contribution is 6.30. The van der Waals surface area contributed by atoms with E-state index in [1.165, 1.54) is 39.3 Å². The SMILES string of the molecule is COc1ccc(OC)c(C(=O)OC(C)C(=O)Nc2ccc(Cl)cc2C(F)(F)F)c1. The van der Waals surface area contributed by atoms with Gasteiger partial charge in [0.15, 0.2) is 6.10 Å². The first-order valence-corrected chi connectivity index (χ1v) is 8.55. The minimum Gasteiger partial charge on any atom is -0.497 e. The average molecular weight is 432 g/mol. The Balaban J connectivity index is 2.17. The lowest BCUT2D eigenvalue weighted by atomic mass is 10.1. The molecule has 2 aromatic carbocycles. The number of carbonyl (C=O) groups is 2. The molecular weight excluding hydrogens is 415 g/mol. The molecule has 1 unspecified atom stereocenters. The van der Waals surface area contributed by atoms with Gasteiger partial charge in [-0.15, -0.1) is 0 Å². The van der Waals surface area contributed by atoms with E-state index in [1.54, 1.807) is 6.07 Å². The van der Waals surface area contributed by atoms with Crippen molar-refractivity contribution in [1.82, 2.24) is 0 Å². The van der Waals surface area contributed by atoms with Crippen molar-refractivity contribution >= 4 is 29.2 Å². The average Bonchev–Trinajstić information content (AvgIpc) is 2.67. The number of esters is 1. The second-order valence-corrected chi connectivity index (χ2v) is 6.23. The van der Waals surface area contributed by atoms with Crippen LogP contribution in [0, 0.1) is 0 Å². The normalized spacial score (nSPS) is 12.1. The van der Waals surface area contributed by atoms with Crippen LogP contribution in [0.1, 0.15) is 22.8 Å². The fraction of sp³-hybridized carbons (Fsp3) is 0.263. The van der Waals surface area contributed by atoms with Crippen LogP contribution in [0.2, 0.25) is 5.02 Å². The topological polar surface area (TPSA) is 73.9 Å². The highest BCUT2D eigenvalue weighted by Crippen LogP contribution is 2.36. The molecule has 0 saturated heterocycles. The van der Waals surface area contributed by atoms with E-state index >= 15 is 0 Å². The molecule has 0 bridgehead atoms. The van der Waals surface area contributed by atoms with Gasteiger partial charge in [0.1, 0.15) is 17.1 Å². The molecule has 156 valence electrons. The number of alkyl halides is 3. The predicted molar refractivity (Wildman–Crippen MR) is 99.5 cm³/mol. The Morgan fingerprint density at radius 1 is 1.07 bits per heavy atom. The zero-order chi connectivity index (χ0) is 21.8. The van der Waals surface area contributed by atoms with Gasteiger partial charge in [0.05, 0.1) is 25.5 Å². The van der Waals surface area contributed by atoms with Gasteiger partial charge >= 0.3 is 12.1 Å². The van der Waals surface area contributed by atoms with Crippen LogP contribution in [0.3, 0.4) is 0 Å². The monoisotopic (exact) mass is 431 g/mol. The van der Waals surface area contributed by atoms with Crippen LogP contribution in [0.5, 0.6) is 11.5 Å². The fourth-order valence-electron chi connectivity index (χ4n) is 2.35. The maximum Gasteiger partial charge on any atom is 0.418 e. The molecule has 0 spiro atoms. The highest BCUT2D eigenvalue weighted by Gasteiger charge is 2.35. The molecule has 1 atom stereocenters. The number of halogens is 4. The molecule has 0 aliphatic heterocycles. The van der Waals surface area contributed by atoms with Crippen LogP contribution in [0.15, 0.2) is 36.4 Å². The third-order valence-electron chi connectivity index (χ3n) is 3.82. The molecule has 0 aliphatic rings. The predicted octanol–water partition coefficient (Wildman–Crippen LogP) is 4.56. The van der Waals surface area contributed by atoms with Crippen molar-refractivity contribution in [2.24, 2.45) is 0 Å². The first-order valence-electron chi connectivity index (χ1n) is 8.17. The number of nitrogens with one attached hydrogen (secondary N) is 1. The van der Waals surface area contributed by atoms with Crippen molar-refractivity contribution in [2.45, 2.75) is 19.2 Å². The van der Waals surface area contributed by atoms with Crippen molar-refractivity contribution in [3.8, 4) is 11.5 Å². The maximum atomic E-state index is 13.1. The molecule has 10 heteroatoms. The number of amides is 1. The van der Waals surface area contributed by atoms with Crippen LogP contribution in [-0.2, 0) is 15.7 Å². The number of hydrogen-bond donors (Lipinski definition) is 1. The van der Waals surface area contributed by atoms with E-state index in [0.717, 1.165) is 6.07 Å². The maximum absolute atomic E-state index is 13.1. The molecule has 0 saturated carbocycles. The third-order valence-corrected chi connectivity index (χ3v) is 4.06. The van der Waals surface area contributed by atoms with Crippen molar-refractivity contribution in [3.63, 3.8) is 0 Å². The molecular formula is C19H17ClF3NO5. The Hall–Kier alpha value is -2.94. The Bertz CT molecular complexity index is 917. The summed E-state index contributed by atoms with van der Waals surface area (Å²) in [5.74, 6) is -1.32. The number of anilines is 1. The van der Waals surface area contributed by atoms with Gasteiger partial charge in [-0.1, -0.05) is 11.6 Å². The van der Waals surface area contributed by atoms with Crippen molar-refractivity contribution in [3.05, 3.63) is 52.5 Å². The molecule has 0 aliphatic carbocycles. The molecule has 2 aromatic rings. The van der Waals surface area contributed by atoms with Gasteiger partial charge in [0, 0.05) is 5.02 Å². The Kier molecular flexibility index (Phi) is 6.97. The van der Waals surface area contributed by atoms with E-state index in [9.17, 15) is 22.8 Å². The smallest absolute Gasteiger partial charge is 0.418 e. The summed E-state index contributed by atoms with van der Waals surface area (Å²) in [7, 11) is 2.74. The van der Waals surface area contributed by atoms with Crippen molar-refractivity contribution in [1.29, 1.82) is 0 Å². The number of methoxy groups -OCH3 is 2. The summed E-state index contributed by atoms with van der Waals surface area (Å²) in [6.07, 6.45) is -6.13. The number of rotatable bonds is 6. The van der Waals surface area contributed by atoms with Gasteiger partial charge < -0.3 is 19.5 Å². The summed E-state index contributed by atoms with van der Waals surface area (Å²) >= 11 is 5.61. The molecule has 0 aromatic heterocycles. The van der Waals surface area contributed by atoms with Gasteiger partial charge in [-0.2, -0.15) is 13.2 Å². The molecule has 2 rings (SSSR count). The first kappa shape index (κ1) is 22.4. The van der Waals surface area contributed by atoms with Crippen molar-refractivity contribution in [2.75, 3.05) is 19.5 Å². The van der Waals surface area contributed by atoms with Gasteiger partial charge in [-0.05, 0) is 43.3 Å². The molecule has 1 amide bonds. The third kappa shape index (κ3) is 5.54. The quantitative estimate of drug-likeness (QED) is 0.679. The summed E-state index contributed by atoms with van der Waals surface area (Å²) in [6, 6.07) is 7.29. The van der Waals surface area contributed by atoms with Gasteiger partial charge in [0.25, 0.3) is 5.91 Å². The lowest BCUT2D eigenvalue weighted by molar-refractivity contribution is -0.137. The van der Waals surface area contributed by atoms with Crippen molar-refractivity contribution < 1.29 is 37.0 Å². The second-order valence-electron chi connectivity index (χ2n) is 5.79. The van der Waals surface area contributed by atoms with E-state index < -0.39 is 35.4 Å². The van der Waals surface area contributed by atoms with Gasteiger partial charge in [0.2, 0.25) is 0 Å². The molecule has 1 N–H and O–H groups in total. The van der Waals surface area contributed by atoms with E-state index in [2.05, 4.69) is 5.32 Å². The molecule has 0 fully saturated rings. The molecule has 29 heavy (non-hydrogen) atoms. The van der Waals surface area contributed by atoms with E-state index in [-0.39, 0.29) is 16.3 Å². The molecule has 6 nitrogen and oxygen atoms in total. The number of benzene rings is 2. The zero-order valence-electron chi connectivity index (χ0n) is 15.6. The van der Waals surface area contributed by atoms with Gasteiger partial charge in [-0.3, -0.25) is 4.79 Å². The Morgan fingerprint density at radius 3 is 2.34 bits per heavy atom. The van der Waals surface area contributed by atoms with Crippen LogP contribution in [0.25, 0.3) is 0 Å². The second kappa shape index (κ2) is 9.04. The van der Waals surface area contributed by atoms with Crippen LogP contribution >= 0.6 is 11.6 Å². The van der Waals surface area contributed by atoms with E-state index in [4.69, 9.17) is 25.8 Å². The van der Waals surface area contributed by atoms with E-state index in [0.29, 0.717) is 11.8 Å². The molecule has 0 radical (unpaired) electrons. The number of carbonyl (C=O) groups excluding carboxylic acids is 2. The summed E-state index contributed by atoms with van der Waals surface area (Å²) in [6.45, 7) is 1.23. The van der Waals surface area contributed by atoms with Crippen LogP contribution in [-0.4, -0.2) is 32.2 Å². The fourth-order valence-corrected chi connectivity index (χ4v) is 2.52. The summed E-state index contributed by atoms with van der Waals surface area (Å²) in [5, 5.41) is 1.96. The highest BCUT2D eigenvalue weighted by atomic mass is 35.5. The van der Waals surface area contributed by atoms with Crippen LogP contribution in [0.4, 0.5) is 18.9 Å². The Labute approximate surface area is 169 Å². The Morgan fingerprint density at radius 2 is 1.76 bits per heavy atom. The lowest BCUT2D eigenvalue weighted by Crippen LogP contribution is -2.31. The zero-order valence-corrected chi connectivity index (χ0v) is 16.4.